The van der Waals surface area contributed by atoms with Crippen molar-refractivity contribution in [2.45, 2.75) is 45.1 Å². The van der Waals surface area contributed by atoms with Crippen LogP contribution in [0.3, 0.4) is 0 Å². The molecule has 22 heavy (non-hydrogen) atoms. The van der Waals surface area contributed by atoms with E-state index in [1.54, 1.807) is 6.20 Å². The minimum Gasteiger partial charge on any atom is -0.341 e. The number of aromatic amines is 1. The molecule has 0 bridgehead atoms. The van der Waals surface area contributed by atoms with Crippen LogP contribution in [0.2, 0.25) is 0 Å². The summed E-state index contributed by atoms with van der Waals surface area (Å²) in [7, 11) is 0. The molecule has 2 aromatic heterocycles. The second kappa shape index (κ2) is 6.20. The molecule has 1 atom stereocenters. The Morgan fingerprint density at radius 2 is 2.18 bits per heavy atom. The lowest BCUT2D eigenvalue weighted by Crippen LogP contribution is -2.50. The van der Waals surface area contributed by atoms with Gasteiger partial charge in [0.05, 0.1) is 17.3 Å². The Bertz CT molecular complexity index is 602. The zero-order valence-corrected chi connectivity index (χ0v) is 13.8. The van der Waals surface area contributed by atoms with Gasteiger partial charge in [0.1, 0.15) is 5.69 Å². The normalized spacial score (nSPS) is 24.6. The zero-order chi connectivity index (χ0) is 15.6. The summed E-state index contributed by atoms with van der Waals surface area (Å²) in [6.07, 6.45) is 6.34. The number of carbonyl (C=O) groups is 1. The number of H-pyrrole nitrogens is 1. The topological polar surface area (TPSA) is 70.7 Å². The van der Waals surface area contributed by atoms with Gasteiger partial charge in [-0.3, -0.25) is 4.79 Å². The summed E-state index contributed by atoms with van der Waals surface area (Å²) in [4.78, 5) is 12.6. The third kappa shape index (κ3) is 2.92. The number of nitrogens with one attached hydrogen (secondary N) is 2. The molecule has 1 aliphatic carbocycles. The zero-order valence-electron chi connectivity index (χ0n) is 13.0. The van der Waals surface area contributed by atoms with E-state index < -0.39 is 5.54 Å². The molecule has 0 unspecified atom stereocenters. The van der Waals surface area contributed by atoms with Crippen LogP contribution in [0.4, 0.5) is 0 Å². The number of nitrogens with zero attached hydrogens (tertiary/aromatic N) is 2. The van der Waals surface area contributed by atoms with Gasteiger partial charge in [-0.05, 0) is 43.0 Å². The smallest absolute Gasteiger partial charge is 0.252 e. The number of aromatic nitrogens is 3. The highest BCUT2D eigenvalue weighted by Gasteiger charge is 2.41. The second-order valence-corrected chi connectivity index (χ2v) is 7.26. The average molecular weight is 318 g/mol. The van der Waals surface area contributed by atoms with Gasteiger partial charge in [-0.1, -0.05) is 19.8 Å². The highest BCUT2D eigenvalue weighted by Crippen LogP contribution is 2.40. The molecule has 0 aliphatic heterocycles. The minimum atomic E-state index is -0.480. The number of carbonyl (C=O) groups excluding carboxylic acids is 1. The monoisotopic (exact) mass is 318 g/mol. The van der Waals surface area contributed by atoms with Crippen LogP contribution in [0, 0.1) is 11.8 Å². The first kappa shape index (κ1) is 15.2. The molecule has 2 N–H and O–H groups in total. The highest BCUT2D eigenvalue weighted by atomic mass is 32.1. The lowest BCUT2D eigenvalue weighted by molar-refractivity contribution is 0.0813. The molecule has 1 fully saturated rings. The van der Waals surface area contributed by atoms with Gasteiger partial charge in [0.2, 0.25) is 0 Å². The molecule has 1 saturated carbocycles. The van der Waals surface area contributed by atoms with E-state index in [0.717, 1.165) is 24.5 Å². The fourth-order valence-corrected chi connectivity index (χ4v) is 4.00. The Balaban J connectivity index is 1.85. The van der Waals surface area contributed by atoms with Crippen molar-refractivity contribution in [3.05, 3.63) is 34.3 Å². The van der Waals surface area contributed by atoms with Gasteiger partial charge in [-0.2, -0.15) is 26.7 Å². The van der Waals surface area contributed by atoms with Crippen molar-refractivity contribution in [3.63, 3.8) is 0 Å². The summed E-state index contributed by atoms with van der Waals surface area (Å²) in [5.74, 6) is 1.12. The summed E-state index contributed by atoms with van der Waals surface area (Å²) in [5.41, 5.74) is 1.05. The Morgan fingerprint density at radius 1 is 1.41 bits per heavy atom. The SMILES string of the molecule is CC1CCC([C@](C)(NC(=O)c2ccsc2)c2cn[nH]n2)CC1. The molecule has 0 spiro atoms. The minimum absolute atomic E-state index is 0.0367. The van der Waals surface area contributed by atoms with Crippen molar-refractivity contribution >= 4 is 17.2 Å². The first-order valence-corrected chi connectivity index (χ1v) is 8.75. The van der Waals surface area contributed by atoms with E-state index in [1.807, 2.05) is 16.8 Å². The van der Waals surface area contributed by atoms with Crippen molar-refractivity contribution in [3.8, 4) is 0 Å². The van der Waals surface area contributed by atoms with E-state index >= 15 is 0 Å². The first-order valence-electron chi connectivity index (χ1n) is 7.80. The molecule has 5 nitrogen and oxygen atoms in total. The van der Waals surface area contributed by atoms with Crippen molar-refractivity contribution in [1.82, 2.24) is 20.7 Å². The van der Waals surface area contributed by atoms with Gasteiger partial charge in [0.15, 0.2) is 0 Å². The van der Waals surface area contributed by atoms with E-state index in [1.165, 1.54) is 24.2 Å². The number of thiophene rings is 1. The molecule has 0 aromatic carbocycles. The summed E-state index contributed by atoms with van der Waals surface area (Å²) >= 11 is 1.53. The van der Waals surface area contributed by atoms with E-state index in [4.69, 9.17) is 0 Å². The number of hydrogen-bond donors (Lipinski definition) is 2. The largest absolute Gasteiger partial charge is 0.341 e. The van der Waals surface area contributed by atoms with Gasteiger partial charge < -0.3 is 5.32 Å². The van der Waals surface area contributed by atoms with Gasteiger partial charge in [-0.15, -0.1) is 0 Å². The quantitative estimate of drug-likeness (QED) is 0.908. The van der Waals surface area contributed by atoms with Gasteiger partial charge in [0.25, 0.3) is 5.91 Å². The van der Waals surface area contributed by atoms with E-state index in [9.17, 15) is 4.79 Å². The molecule has 118 valence electrons. The molecule has 1 aliphatic rings. The standard InChI is InChI=1S/C16H22N4OS/c1-11-3-5-13(6-4-11)16(2,14-9-17-20-19-14)18-15(21)12-7-8-22-10-12/h7-11,13H,3-6H2,1-2H3,(H,18,21)(H,17,19,20)/t11?,13?,16-/m0/s1. The number of amides is 1. The van der Waals surface area contributed by atoms with Crippen LogP contribution in [0.1, 0.15) is 55.6 Å². The van der Waals surface area contributed by atoms with Gasteiger partial charge in [0, 0.05) is 5.38 Å². The molecule has 0 saturated heterocycles. The molecule has 0 radical (unpaired) electrons. The fourth-order valence-electron chi connectivity index (χ4n) is 3.37. The number of rotatable bonds is 4. The highest BCUT2D eigenvalue weighted by molar-refractivity contribution is 7.08. The van der Waals surface area contributed by atoms with Crippen LogP contribution in [0.5, 0.6) is 0 Å². The van der Waals surface area contributed by atoms with Crippen LogP contribution < -0.4 is 5.32 Å². The Labute approximate surface area is 134 Å². The molecule has 6 heteroatoms. The van der Waals surface area contributed by atoms with E-state index in [-0.39, 0.29) is 5.91 Å². The van der Waals surface area contributed by atoms with E-state index in [0.29, 0.717) is 11.5 Å². The summed E-state index contributed by atoms with van der Waals surface area (Å²) in [6.45, 7) is 4.38. The second-order valence-electron chi connectivity index (χ2n) is 6.48. The lowest BCUT2D eigenvalue weighted by atomic mass is 9.71. The van der Waals surface area contributed by atoms with E-state index in [2.05, 4.69) is 34.6 Å². The van der Waals surface area contributed by atoms with Gasteiger partial charge >= 0.3 is 0 Å². The van der Waals surface area contributed by atoms with Crippen molar-refractivity contribution < 1.29 is 4.79 Å². The molecule has 3 rings (SSSR count). The maximum atomic E-state index is 12.6. The van der Waals surface area contributed by atoms with Crippen molar-refractivity contribution in [1.29, 1.82) is 0 Å². The van der Waals surface area contributed by atoms with Crippen LogP contribution in [0.25, 0.3) is 0 Å². The summed E-state index contributed by atoms with van der Waals surface area (Å²) in [5, 5.41) is 17.9. The van der Waals surface area contributed by atoms with Gasteiger partial charge in [-0.25, -0.2) is 0 Å². The maximum Gasteiger partial charge on any atom is 0.252 e. The third-order valence-corrected chi connectivity index (χ3v) is 5.62. The van der Waals surface area contributed by atoms with Crippen LogP contribution in [-0.4, -0.2) is 21.3 Å². The average Bonchev–Trinajstić information content (AvgIpc) is 3.21. The lowest BCUT2D eigenvalue weighted by Gasteiger charge is -2.40. The summed E-state index contributed by atoms with van der Waals surface area (Å²) in [6, 6.07) is 1.85. The predicted molar refractivity (Wildman–Crippen MR) is 86.6 cm³/mol. The Hall–Kier alpha value is -1.69. The van der Waals surface area contributed by atoms with Crippen LogP contribution in [-0.2, 0) is 5.54 Å². The van der Waals surface area contributed by atoms with Crippen molar-refractivity contribution in [2.24, 2.45) is 11.8 Å². The predicted octanol–water partition coefficient (Wildman–Crippen LogP) is 3.34. The Kier molecular flexibility index (Phi) is 4.29. The van der Waals surface area contributed by atoms with Crippen LogP contribution in [0.15, 0.2) is 23.0 Å². The maximum absolute atomic E-state index is 12.6. The van der Waals surface area contributed by atoms with Crippen molar-refractivity contribution in [2.75, 3.05) is 0 Å². The van der Waals surface area contributed by atoms with Crippen LogP contribution >= 0.6 is 11.3 Å². The molecule has 2 aromatic rings. The third-order valence-electron chi connectivity index (χ3n) is 4.94. The first-order chi connectivity index (χ1) is 10.6. The molecule has 2 heterocycles. The summed E-state index contributed by atoms with van der Waals surface area (Å²) < 4.78 is 0. The molecule has 1 amide bonds. The molecular weight excluding hydrogens is 296 g/mol. The number of hydrogen-bond acceptors (Lipinski definition) is 4. The fraction of sp³-hybridized carbons (Fsp3) is 0.562. The Morgan fingerprint density at radius 3 is 2.77 bits per heavy atom. The molecular formula is C16H22N4OS.